The van der Waals surface area contributed by atoms with Gasteiger partial charge in [0.2, 0.25) is 0 Å². The fourth-order valence-electron chi connectivity index (χ4n) is 4.76. The van der Waals surface area contributed by atoms with Gasteiger partial charge in [0.1, 0.15) is 0 Å². The van der Waals surface area contributed by atoms with Gasteiger partial charge >= 0.3 is 11.9 Å². The molecule has 0 bridgehead atoms. The Balaban J connectivity index is 2.96. The van der Waals surface area contributed by atoms with Crippen molar-refractivity contribution in [3.63, 3.8) is 0 Å². The Labute approximate surface area is 153 Å². The number of hydrogen-bond donors (Lipinski definition) is 2. The monoisotopic (exact) mass is 354 g/mol. The van der Waals surface area contributed by atoms with Gasteiger partial charge in [-0.15, -0.1) is 0 Å². The van der Waals surface area contributed by atoms with E-state index in [2.05, 4.69) is 13.8 Å². The van der Waals surface area contributed by atoms with E-state index in [-0.39, 0.29) is 5.92 Å². The van der Waals surface area contributed by atoms with Crippen molar-refractivity contribution < 1.29 is 19.8 Å². The van der Waals surface area contributed by atoms with Crippen LogP contribution in [0.1, 0.15) is 104 Å². The van der Waals surface area contributed by atoms with Gasteiger partial charge in [0.05, 0.1) is 11.3 Å². The molecule has 2 atom stereocenters. The highest BCUT2D eigenvalue weighted by atomic mass is 16.4. The molecule has 0 radical (unpaired) electrons. The molecule has 2 N–H and O–H groups in total. The molecule has 0 aromatic heterocycles. The highest BCUT2D eigenvalue weighted by Crippen LogP contribution is 2.50. The van der Waals surface area contributed by atoms with Crippen LogP contribution in [0.3, 0.4) is 0 Å². The van der Waals surface area contributed by atoms with Gasteiger partial charge in [0.25, 0.3) is 0 Å². The number of carboxylic acid groups (broad SMARTS) is 2. The van der Waals surface area contributed by atoms with E-state index in [0.717, 1.165) is 64.2 Å². The van der Waals surface area contributed by atoms with Gasteiger partial charge in [-0.2, -0.15) is 0 Å². The Morgan fingerprint density at radius 2 is 1.48 bits per heavy atom. The van der Waals surface area contributed by atoms with E-state index < -0.39 is 23.3 Å². The first-order valence-electron chi connectivity index (χ1n) is 10.5. The van der Waals surface area contributed by atoms with Crippen molar-refractivity contribution in [1.29, 1.82) is 0 Å². The third-order valence-electron chi connectivity index (χ3n) is 6.19. The number of hydrogen-bond acceptors (Lipinski definition) is 2. The molecule has 0 heterocycles. The van der Waals surface area contributed by atoms with Crippen molar-refractivity contribution in [3.8, 4) is 0 Å². The average molecular weight is 355 g/mol. The zero-order chi connectivity index (χ0) is 18.7. The van der Waals surface area contributed by atoms with Gasteiger partial charge in [0.15, 0.2) is 0 Å². The molecule has 0 aromatic carbocycles. The predicted molar refractivity (Wildman–Crippen MR) is 101 cm³/mol. The van der Waals surface area contributed by atoms with E-state index >= 15 is 0 Å². The van der Waals surface area contributed by atoms with Gasteiger partial charge in [0, 0.05) is 0 Å². The van der Waals surface area contributed by atoms with Crippen LogP contribution in [0.5, 0.6) is 0 Å². The van der Waals surface area contributed by atoms with Crippen molar-refractivity contribution in [3.05, 3.63) is 0 Å². The first kappa shape index (κ1) is 22.0. The Hall–Kier alpha value is -1.06. The van der Waals surface area contributed by atoms with E-state index in [1.807, 2.05) is 0 Å². The summed E-state index contributed by atoms with van der Waals surface area (Å²) >= 11 is 0. The summed E-state index contributed by atoms with van der Waals surface area (Å²) < 4.78 is 0. The fourth-order valence-corrected chi connectivity index (χ4v) is 4.76. The minimum atomic E-state index is -1.05. The summed E-state index contributed by atoms with van der Waals surface area (Å²) in [7, 11) is 0. The summed E-state index contributed by atoms with van der Waals surface area (Å²) in [5.41, 5.74) is -1.05. The van der Waals surface area contributed by atoms with E-state index in [0.29, 0.717) is 12.8 Å². The average Bonchev–Trinajstić information content (AvgIpc) is 2.60. The van der Waals surface area contributed by atoms with Gasteiger partial charge in [-0.05, 0) is 31.6 Å². The minimum absolute atomic E-state index is 0.000104. The molecular formula is C21H38O4. The normalized spacial score (nSPS) is 23.7. The van der Waals surface area contributed by atoms with Crippen LogP contribution >= 0.6 is 0 Å². The van der Waals surface area contributed by atoms with Gasteiger partial charge in [-0.3, -0.25) is 9.59 Å². The Bertz CT molecular complexity index is 395. The molecule has 25 heavy (non-hydrogen) atoms. The molecular weight excluding hydrogens is 316 g/mol. The fraction of sp³-hybridized carbons (Fsp3) is 0.905. The molecule has 0 aliphatic heterocycles. The maximum Gasteiger partial charge on any atom is 0.310 e. The van der Waals surface area contributed by atoms with Gasteiger partial charge in [-0.1, -0.05) is 78.1 Å². The van der Waals surface area contributed by atoms with Crippen molar-refractivity contribution in [2.75, 3.05) is 0 Å². The summed E-state index contributed by atoms with van der Waals surface area (Å²) in [6.45, 7) is 4.34. The summed E-state index contributed by atoms with van der Waals surface area (Å²) in [5.74, 6) is -2.49. The molecule has 4 heteroatoms. The number of carbonyl (C=O) groups is 2. The second-order valence-corrected chi connectivity index (χ2v) is 7.88. The van der Waals surface area contributed by atoms with Crippen LogP contribution in [-0.2, 0) is 9.59 Å². The van der Waals surface area contributed by atoms with Crippen molar-refractivity contribution in [2.24, 2.45) is 17.3 Å². The van der Waals surface area contributed by atoms with E-state index in [9.17, 15) is 19.8 Å². The lowest BCUT2D eigenvalue weighted by Gasteiger charge is -2.44. The molecule has 0 spiro atoms. The SMILES string of the molecule is CCCCCCC(CCCCCC)C1(C(=O)O)CCCCC1C(=O)O. The van der Waals surface area contributed by atoms with Crippen molar-refractivity contribution >= 4 is 11.9 Å². The summed E-state index contributed by atoms with van der Waals surface area (Å²) in [6, 6.07) is 0. The molecule has 0 amide bonds. The topological polar surface area (TPSA) is 74.6 Å². The third kappa shape index (κ3) is 6.00. The highest BCUT2D eigenvalue weighted by molar-refractivity contribution is 5.84. The quantitative estimate of drug-likeness (QED) is 0.404. The standard InChI is InChI=1S/C21H38O4/c1-3-5-7-9-13-17(14-10-8-6-4-2)21(20(24)25)16-12-11-15-18(21)19(22)23/h17-18H,3-16H2,1-2H3,(H,22,23)(H,24,25). The van der Waals surface area contributed by atoms with Crippen LogP contribution in [0, 0.1) is 17.3 Å². The van der Waals surface area contributed by atoms with Gasteiger partial charge in [-0.25, -0.2) is 0 Å². The first-order valence-corrected chi connectivity index (χ1v) is 10.5. The first-order chi connectivity index (χ1) is 12.0. The smallest absolute Gasteiger partial charge is 0.310 e. The Kier molecular flexibility index (Phi) is 10.1. The van der Waals surface area contributed by atoms with E-state index in [1.54, 1.807) is 0 Å². The summed E-state index contributed by atoms with van der Waals surface area (Å²) in [4.78, 5) is 24.2. The van der Waals surface area contributed by atoms with Crippen LogP contribution in [-0.4, -0.2) is 22.2 Å². The minimum Gasteiger partial charge on any atom is -0.481 e. The lowest BCUT2D eigenvalue weighted by molar-refractivity contribution is -0.172. The van der Waals surface area contributed by atoms with Crippen molar-refractivity contribution in [2.45, 2.75) is 104 Å². The molecule has 0 aromatic rings. The molecule has 0 saturated heterocycles. The number of carboxylic acids is 2. The maximum atomic E-state index is 12.3. The molecule has 1 fully saturated rings. The Morgan fingerprint density at radius 1 is 0.920 bits per heavy atom. The highest BCUT2D eigenvalue weighted by Gasteiger charge is 2.54. The summed E-state index contributed by atoms with van der Waals surface area (Å²) in [5, 5.41) is 19.8. The Morgan fingerprint density at radius 3 is 1.92 bits per heavy atom. The zero-order valence-electron chi connectivity index (χ0n) is 16.3. The lowest BCUT2D eigenvalue weighted by atomic mass is 9.57. The maximum absolute atomic E-state index is 12.3. The van der Waals surface area contributed by atoms with E-state index in [4.69, 9.17) is 0 Å². The molecule has 1 rings (SSSR count). The molecule has 146 valence electrons. The second kappa shape index (κ2) is 11.5. The second-order valence-electron chi connectivity index (χ2n) is 7.88. The third-order valence-corrected chi connectivity index (χ3v) is 6.19. The van der Waals surface area contributed by atoms with Gasteiger partial charge < -0.3 is 10.2 Å². The summed E-state index contributed by atoms with van der Waals surface area (Å²) in [6.07, 6.45) is 13.4. The predicted octanol–water partition coefficient (Wildman–Crippen LogP) is 5.89. The molecule has 2 unspecified atom stereocenters. The number of aliphatic carboxylic acids is 2. The zero-order valence-corrected chi connectivity index (χ0v) is 16.3. The van der Waals surface area contributed by atoms with Crippen LogP contribution in [0.15, 0.2) is 0 Å². The van der Waals surface area contributed by atoms with E-state index in [1.165, 1.54) is 12.8 Å². The van der Waals surface area contributed by atoms with Crippen LogP contribution in [0.25, 0.3) is 0 Å². The van der Waals surface area contributed by atoms with Crippen molar-refractivity contribution in [1.82, 2.24) is 0 Å². The molecule has 1 aliphatic carbocycles. The molecule has 1 saturated carbocycles. The number of rotatable bonds is 13. The largest absolute Gasteiger partial charge is 0.481 e. The molecule has 1 aliphatic rings. The van der Waals surface area contributed by atoms with Crippen LogP contribution < -0.4 is 0 Å². The lowest BCUT2D eigenvalue weighted by Crippen LogP contribution is -2.50. The number of unbranched alkanes of at least 4 members (excludes halogenated alkanes) is 6. The van der Waals surface area contributed by atoms with Crippen LogP contribution in [0.2, 0.25) is 0 Å². The molecule has 4 nitrogen and oxygen atoms in total. The van der Waals surface area contributed by atoms with Crippen LogP contribution in [0.4, 0.5) is 0 Å².